The number of carbonyl (C=O) groups is 2. The molecule has 19 heavy (non-hydrogen) atoms. The summed E-state index contributed by atoms with van der Waals surface area (Å²) in [6, 6.07) is 7.09. The van der Waals surface area contributed by atoms with Crippen LogP contribution in [-0.2, 0) is 9.59 Å². The zero-order valence-electron chi connectivity index (χ0n) is 10.5. The van der Waals surface area contributed by atoms with Crippen molar-refractivity contribution in [2.75, 3.05) is 13.1 Å². The zero-order chi connectivity index (χ0) is 13.8. The van der Waals surface area contributed by atoms with Crippen LogP contribution in [-0.4, -0.2) is 35.0 Å². The molecule has 1 aromatic carbocycles. The lowest BCUT2D eigenvalue weighted by Gasteiger charge is -2.18. The number of aliphatic carboxylic acids is 1. The fourth-order valence-corrected chi connectivity index (χ4v) is 2.58. The van der Waals surface area contributed by atoms with Crippen LogP contribution in [0.4, 0.5) is 0 Å². The summed E-state index contributed by atoms with van der Waals surface area (Å²) in [7, 11) is 0. The maximum absolute atomic E-state index is 12.1. The van der Waals surface area contributed by atoms with E-state index >= 15 is 0 Å². The third kappa shape index (κ3) is 3.56. The van der Waals surface area contributed by atoms with Crippen LogP contribution < -0.4 is 0 Å². The fraction of sp³-hybridized carbons (Fsp3) is 0.429. The number of carbonyl (C=O) groups excluding carboxylic acids is 1. The summed E-state index contributed by atoms with van der Waals surface area (Å²) in [5.41, 5.74) is 0.670. The first-order valence-electron chi connectivity index (χ1n) is 6.34. The average Bonchev–Trinajstić information content (AvgIpc) is 2.90. The monoisotopic (exact) mass is 325 g/mol. The molecule has 0 saturated carbocycles. The van der Waals surface area contributed by atoms with E-state index in [1.165, 1.54) is 0 Å². The van der Waals surface area contributed by atoms with Gasteiger partial charge in [0.1, 0.15) is 0 Å². The number of rotatable bonds is 4. The van der Waals surface area contributed by atoms with Crippen molar-refractivity contribution >= 4 is 27.8 Å². The minimum Gasteiger partial charge on any atom is -0.481 e. The Balaban J connectivity index is 2.09. The lowest BCUT2D eigenvalue weighted by Crippen LogP contribution is -2.30. The predicted molar refractivity (Wildman–Crippen MR) is 74.9 cm³/mol. The molecule has 1 fully saturated rings. The van der Waals surface area contributed by atoms with Gasteiger partial charge in [0.25, 0.3) is 0 Å². The first kappa shape index (κ1) is 14.1. The number of carboxylic acid groups (broad SMARTS) is 1. The number of hydrogen-bond donors (Lipinski definition) is 1. The summed E-state index contributed by atoms with van der Waals surface area (Å²) < 4.78 is 0.895. The highest BCUT2D eigenvalue weighted by molar-refractivity contribution is 9.10. The van der Waals surface area contributed by atoms with Crippen molar-refractivity contribution in [2.24, 2.45) is 0 Å². The number of likely N-dealkylation sites (tertiary alicyclic amines) is 1. The van der Waals surface area contributed by atoms with E-state index in [0.29, 0.717) is 5.56 Å². The third-order valence-electron chi connectivity index (χ3n) is 3.41. The van der Waals surface area contributed by atoms with Gasteiger partial charge in [-0.15, -0.1) is 0 Å². The van der Waals surface area contributed by atoms with Crippen LogP contribution in [0.25, 0.3) is 0 Å². The standard InChI is InChI=1S/C14H16BrNO3/c15-11-5-3-10(4-6-11)12(14(18)19)9-13(17)16-7-1-2-8-16/h3-6,12H,1-2,7-9H2,(H,18,19). The molecular formula is C14H16BrNO3. The third-order valence-corrected chi connectivity index (χ3v) is 3.94. The molecule has 1 aliphatic rings. The number of amides is 1. The van der Waals surface area contributed by atoms with E-state index in [9.17, 15) is 14.7 Å². The summed E-state index contributed by atoms with van der Waals surface area (Å²) in [5, 5.41) is 9.31. The van der Waals surface area contributed by atoms with Gasteiger partial charge < -0.3 is 10.0 Å². The van der Waals surface area contributed by atoms with Crippen LogP contribution in [0.2, 0.25) is 0 Å². The van der Waals surface area contributed by atoms with Crippen molar-refractivity contribution in [2.45, 2.75) is 25.2 Å². The van der Waals surface area contributed by atoms with Crippen molar-refractivity contribution in [1.29, 1.82) is 0 Å². The molecule has 1 unspecified atom stereocenters. The van der Waals surface area contributed by atoms with Gasteiger partial charge in [-0.2, -0.15) is 0 Å². The van der Waals surface area contributed by atoms with Crippen molar-refractivity contribution in [1.82, 2.24) is 4.90 Å². The van der Waals surface area contributed by atoms with Crippen LogP contribution in [0.3, 0.4) is 0 Å². The Labute approximate surface area is 120 Å². The van der Waals surface area contributed by atoms with Gasteiger partial charge >= 0.3 is 5.97 Å². The van der Waals surface area contributed by atoms with Crippen LogP contribution >= 0.6 is 15.9 Å². The van der Waals surface area contributed by atoms with Gasteiger partial charge in [-0.05, 0) is 30.5 Å². The number of nitrogens with zero attached hydrogens (tertiary/aromatic N) is 1. The van der Waals surface area contributed by atoms with Crippen molar-refractivity contribution < 1.29 is 14.7 Å². The molecule has 5 heteroatoms. The molecule has 1 N–H and O–H groups in total. The van der Waals surface area contributed by atoms with E-state index in [1.807, 2.05) is 0 Å². The molecule has 0 spiro atoms. The van der Waals surface area contributed by atoms with Gasteiger partial charge in [0.05, 0.1) is 5.92 Å². The highest BCUT2D eigenvalue weighted by Crippen LogP contribution is 2.24. The summed E-state index contributed by atoms with van der Waals surface area (Å²) >= 11 is 3.31. The summed E-state index contributed by atoms with van der Waals surface area (Å²) in [4.78, 5) is 25.2. The molecule has 1 heterocycles. The number of benzene rings is 1. The maximum atomic E-state index is 12.1. The lowest BCUT2D eigenvalue weighted by molar-refractivity contribution is -0.142. The molecule has 0 bridgehead atoms. The molecule has 1 amide bonds. The Morgan fingerprint density at radius 1 is 1.21 bits per heavy atom. The van der Waals surface area contributed by atoms with Gasteiger partial charge in [-0.3, -0.25) is 9.59 Å². The van der Waals surface area contributed by atoms with Gasteiger partial charge in [0.15, 0.2) is 0 Å². The van der Waals surface area contributed by atoms with E-state index in [2.05, 4.69) is 15.9 Å². The van der Waals surface area contributed by atoms with E-state index in [4.69, 9.17) is 0 Å². The molecule has 1 saturated heterocycles. The second-order valence-electron chi connectivity index (χ2n) is 4.73. The Morgan fingerprint density at radius 2 is 1.79 bits per heavy atom. The molecule has 1 aliphatic heterocycles. The minimum atomic E-state index is -0.949. The SMILES string of the molecule is O=C(O)C(CC(=O)N1CCCC1)c1ccc(Br)cc1. The lowest BCUT2D eigenvalue weighted by atomic mass is 9.95. The van der Waals surface area contributed by atoms with Crippen molar-refractivity contribution in [3.8, 4) is 0 Å². The Bertz CT molecular complexity index is 466. The van der Waals surface area contributed by atoms with Crippen LogP contribution in [0.15, 0.2) is 28.7 Å². The first-order valence-corrected chi connectivity index (χ1v) is 7.13. The highest BCUT2D eigenvalue weighted by Gasteiger charge is 2.27. The smallest absolute Gasteiger partial charge is 0.311 e. The Hall–Kier alpha value is -1.36. The Morgan fingerprint density at radius 3 is 2.32 bits per heavy atom. The zero-order valence-corrected chi connectivity index (χ0v) is 12.1. The molecule has 2 rings (SSSR count). The van der Waals surface area contributed by atoms with Crippen LogP contribution in [0.5, 0.6) is 0 Å². The first-order chi connectivity index (χ1) is 9.08. The maximum Gasteiger partial charge on any atom is 0.311 e. The van der Waals surface area contributed by atoms with Gasteiger partial charge in [0, 0.05) is 24.0 Å². The van der Waals surface area contributed by atoms with Crippen LogP contribution in [0.1, 0.15) is 30.7 Å². The van der Waals surface area contributed by atoms with Gasteiger partial charge in [-0.1, -0.05) is 28.1 Å². The van der Waals surface area contributed by atoms with E-state index < -0.39 is 11.9 Å². The second-order valence-corrected chi connectivity index (χ2v) is 5.65. The molecule has 102 valence electrons. The van der Waals surface area contributed by atoms with E-state index in [1.54, 1.807) is 29.2 Å². The average molecular weight is 326 g/mol. The fourth-order valence-electron chi connectivity index (χ4n) is 2.31. The van der Waals surface area contributed by atoms with Crippen molar-refractivity contribution in [3.05, 3.63) is 34.3 Å². The van der Waals surface area contributed by atoms with Crippen molar-refractivity contribution in [3.63, 3.8) is 0 Å². The summed E-state index contributed by atoms with van der Waals surface area (Å²) in [6.45, 7) is 1.51. The second kappa shape index (κ2) is 6.19. The molecule has 0 aliphatic carbocycles. The molecule has 0 aromatic heterocycles. The quantitative estimate of drug-likeness (QED) is 0.925. The Kier molecular flexibility index (Phi) is 4.58. The van der Waals surface area contributed by atoms with Crippen LogP contribution in [0, 0.1) is 0 Å². The number of halogens is 1. The molecule has 1 aromatic rings. The molecule has 1 atom stereocenters. The minimum absolute atomic E-state index is 0.0387. The summed E-state index contributed by atoms with van der Waals surface area (Å²) in [6.07, 6.45) is 2.07. The number of carboxylic acids is 1. The highest BCUT2D eigenvalue weighted by atomic mass is 79.9. The molecular weight excluding hydrogens is 310 g/mol. The normalized spacial score (nSPS) is 16.4. The summed E-state index contributed by atoms with van der Waals surface area (Å²) in [5.74, 6) is -1.77. The van der Waals surface area contributed by atoms with E-state index in [0.717, 1.165) is 30.4 Å². The number of hydrogen-bond acceptors (Lipinski definition) is 2. The molecule has 4 nitrogen and oxygen atoms in total. The predicted octanol–water partition coefficient (Wildman–Crippen LogP) is 2.63. The van der Waals surface area contributed by atoms with Gasteiger partial charge in [-0.25, -0.2) is 0 Å². The topological polar surface area (TPSA) is 57.6 Å². The van der Waals surface area contributed by atoms with E-state index in [-0.39, 0.29) is 12.3 Å². The molecule has 0 radical (unpaired) electrons. The van der Waals surface area contributed by atoms with Gasteiger partial charge in [0.2, 0.25) is 5.91 Å². The largest absolute Gasteiger partial charge is 0.481 e.